The second-order valence-electron chi connectivity index (χ2n) is 6.93. The highest BCUT2D eigenvalue weighted by atomic mass is 16.5. The van der Waals surface area contributed by atoms with E-state index in [4.69, 9.17) is 4.74 Å². The Labute approximate surface area is 144 Å². The van der Waals surface area contributed by atoms with E-state index in [0.29, 0.717) is 12.5 Å². The number of aromatic nitrogens is 2. The quantitative estimate of drug-likeness (QED) is 0.763. The van der Waals surface area contributed by atoms with Crippen molar-refractivity contribution < 1.29 is 9.53 Å². The molecule has 132 valence electrons. The number of ether oxygens (including phenoxy) is 1. The molecule has 0 radical (unpaired) electrons. The zero-order valence-corrected chi connectivity index (χ0v) is 14.6. The molecule has 0 saturated carbocycles. The number of carbonyl (C=O) groups excluding carboxylic acids is 1. The maximum absolute atomic E-state index is 11.7. The average Bonchev–Trinajstić information content (AvgIpc) is 3.01. The van der Waals surface area contributed by atoms with Gasteiger partial charge in [0, 0.05) is 51.1 Å². The van der Waals surface area contributed by atoms with Crippen molar-refractivity contribution in [3.63, 3.8) is 0 Å². The van der Waals surface area contributed by atoms with Gasteiger partial charge >= 0.3 is 0 Å². The van der Waals surface area contributed by atoms with Crippen LogP contribution in [0.4, 0.5) is 0 Å². The van der Waals surface area contributed by atoms with E-state index < -0.39 is 0 Å². The van der Waals surface area contributed by atoms with Gasteiger partial charge in [0.05, 0.1) is 0 Å². The first-order valence-corrected chi connectivity index (χ1v) is 9.03. The maximum atomic E-state index is 11.7. The summed E-state index contributed by atoms with van der Waals surface area (Å²) in [6, 6.07) is 0. The van der Waals surface area contributed by atoms with Gasteiger partial charge < -0.3 is 9.64 Å². The van der Waals surface area contributed by atoms with Crippen LogP contribution in [0.3, 0.4) is 0 Å². The van der Waals surface area contributed by atoms with E-state index in [1.807, 2.05) is 17.3 Å². The third kappa shape index (κ3) is 4.74. The minimum Gasteiger partial charge on any atom is -0.377 e. The third-order valence-corrected chi connectivity index (χ3v) is 5.12. The van der Waals surface area contributed by atoms with Crippen molar-refractivity contribution >= 4 is 5.91 Å². The fraction of sp³-hybridized carbons (Fsp3) is 0.722. The predicted octanol–water partition coefficient (Wildman–Crippen LogP) is 1.85. The first-order chi connectivity index (χ1) is 11.7. The number of likely N-dealkylation sites (tertiary alicyclic amines) is 2. The molecule has 1 aromatic rings. The van der Waals surface area contributed by atoms with Gasteiger partial charge in [0.2, 0.25) is 5.91 Å². The van der Waals surface area contributed by atoms with Crippen molar-refractivity contribution in [2.24, 2.45) is 5.92 Å². The molecule has 0 bridgehead atoms. The molecular weight excluding hydrogens is 304 g/mol. The molecule has 0 aliphatic carbocycles. The highest BCUT2D eigenvalue weighted by Gasteiger charge is 2.23. The van der Waals surface area contributed by atoms with Crippen LogP contribution in [0.5, 0.6) is 0 Å². The molecule has 6 heteroatoms. The molecule has 0 unspecified atom stereocenters. The Bertz CT molecular complexity index is 526. The molecule has 2 aliphatic heterocycles. The number of nitrogens with zero attached hydrogens (tertiary/aromatic N) is 4. The molecule has 2 saturated heterocycles. The SMILES string of the molecule is COCc1ncc(CN2CCC(CCN3CCCC3=O)CC2)cn1. The van der Waals surface area contributed by atoms with Gasteiger partial charge in [-0.15, -0.1) is 0 Å². The Balaban J connectivity index is 1.37. The molecule has 1 amide bonds. The summed E-state index contributed by atoms with van der Waals surface area (Å²) in [5.41, 5.74) is 1.16. The van der Waals surface area contributed by atoms with E-state index in [0.717, 1.165) is 69.3 Å². The van der Waals surface area contributed by atoms with Crippen molar-refractivity contribution in [1.29, 1.82) is 0 Å². The van der Waals surface area contributed by atoms with Gasteiger partial charge in [-0.3, -0.25) is 9.69 Å². The second kappa shape index (κ2) is 8.53. The van der Waals surface area contributed by atoms with Crippen LogP contribution in [0.25, 0.3) is 0 Å². The largest absolute Gasteiger partial charge is 0.377 e. The monoisotopic (exact) mass is 332 g/mol. The number of amides is 1. The van der Waals surface area contributed by atoms with Gasteiger partial charge in [0.15, 0.2) is 5.82 Å². The van der Waals surface area contributed by atoms with Crippen LogP contribution >= 0.6 is 0 Å². The van der Waals surface area contributed by atoms with Gasteiger partial charge in [0.25, 0.3) is 0 Å². The molecule has 3 heterocycles. The molecule has 2 aliphatic rings. The molecule has 24 heavy (non-hydrogen) atoms. The van der Waals surface area contributed by atoms with E-state index >= 15 is 0 Å². The number of methoxy groups -OCH3 is 1. The van der Waals surface area contributed by atoms with Gasteiger partial charge in [-0.05, 0) is 44.7 Å². The third-order valence-electron chi connectivity index (χ3n) is 5.12. The first-order valence-electron chi connectivity index (χ1n) is 9.03. The van der Waals surface area contributed by atoms with E-state index in [2.05, 4.69) is 14.9 Å². The van der Waals surface area contributed by atoms with Gasteiger partial charge in [-0.25, -0.2) is 9.97 Å². The van der Waals surface area contributed by atoms with Crippen molar-refractivity contribution in [1.82, 2.24) is 19.8 Å². The van der Waals surface area contributed by atoms with Crippen LogP contribution in [0.15, 0.2) is 12.4 Å². The molecular formula is C18H28N4O2. The first kappa shape index (κ1) is 17.3. The minimum absolute atomic E-state index is 0.351. The highest BCUT2D eigenvalue weighted by Crippen LogP contribution is 2.23. The molecule has 2 fully saturated rings. The number of hydrogen-bond acceptors (Lipinski definition) is 5. The Morgan fingerprint density at radius 2 is 1.96 bits per heavy atom. The summed E-state index contributed by atoms with van der Waals surface area (Å²) in [6.07, 6.45) is 9.23. The lowest BCUT2D eigenvalue weighted by atomic mass is 9.93. The fourth-order valence-corrected chi connectivity index (χ4v) is 3.64. The zero-order chi connectivity index (χ0) is 16.8. The fourth-order valence-electron chi connectivity index (χ4n) is 3.64. The van der Waals surface area contributed by atoms with Gasteiger partial charge in [-0.1, -0.05) is 0 Å². The molecule has 1 aromatic heterocycles. The molecule has 3 rings (SSSR count). The van der Waals surface area contributed by atoms with E-state index in [1.165, 1.54) is 12.8 Å². The number of hydrogen-bond donors (Lipinski definition) is 0. The highest BCUT2D eigenvalue weighted by molar-refractivity contribution is 5.77. The summed E-state index contributed by atoms with van der Waals surface area (Å²) in [4.78, 5) is 24.8. The predicted molar refractivity (Wildman–Crippen MR) is 91.2 cm³/mol. The lowest BCUT2D eigenvalue weighted by Gasteiger charge is -2.32. The van der Waals surface area contributed by atoms with Crippen molar-refractivity contribution in [3.8, 4) is 0 Å². The molecule has 0 atom stereocenters. The van der Waals surface area contributed by atoms with Crippen molar-refractivity contribution in [2.75, 3.05) is 33.3 Å². The van der Waals surface area contributed by atoms with Crippen LogP contribution < -0.4 is 0 Å². The van der Waals surface area contributed by atoms with Crippen LogP contribution in [-0.2, 0) is 22.7 Å². The Kier molecular flexibility index (Phi) is 6.15. The van der Waals surface area contributed by atoms with Gasteiger partial charge in [0.1, 0.15) is 6.61 Å². The van der Waals surface area contributed by atoms with E-state index in [-0.39, 0.29) is 0 Å². The zero-order valence-electron chi connectivity index (χ0n) is 14.6. The lowest BCUT2D eigenvalue weighted by molar-refractivity contribution is -0.127. The number of rotatable bonds is 7. The van der Waals surface area contributed by atoms with E-state index in [9.17, 15) is 4.79 Å². The normalized spacial score (nSPS) is 20.0. The van der Waals surface area contributed by atoms with Crippen molar-refractivity contribution in [3.05, 3.63) is 23.8 Å². The van der Waals surface area contributed by atoms with Crippen LogP contribution in [0.2, 0.25) is 0 Å². The maximum Gasteiger partial charge on any atom is 0.222 e. The second-order valence-corrected chi connectivity index (χ2v) is 6.93. The average molecular weight is 332 g/mol. The Morgan fingerprint density at radius 1 is 1.21 bits per heavy atom. The molecule has 6 nitrogen and oxygen atoms in total. The standard InChI is InChI=1S/C18H28N4O2/c1-24-14-17-19-11-16(12-20-17)13-21-8-4-15(5-9-21)6-10-22-7-2-3-18(22)23/h11-12,15H,2-10,13-14H2,1H3. The summed E-state index contributed by atoms with van der Waals surface area (Å²) in [6.45, 7) is 5.56. The number of piperidine rings is 1. The minimum atomic E-state index is 0.351. The summed E-state index contributed by atoms with van der Waals surface area (Å²) in [5, 5.41) is 0. The molecule has 0 aromatic carbocycles. The van der Waals surface area contributed by atoms with Crippen LogP contribution in [-0.4, -0.2) is 59.0 Å². The smallest absolute Gasteiger partial charge is 0.222 e. The summed E-state index contributed by atoms with van der Waals surface area (Å²) in [5.74, 6) is 1.84. The lowest BCUT2D eigenvalue weighted by Crippen LogP contribution is -2.35. The van der Waals surface area contributed by atoms with Gasteiger partial charge in [-0.2, -0.15) is 0 Å². The number of carbonyl (C=O) groups is 1. The van der Waals surface area contributed by atoms with E-state index in [1.54, 1.807) is 7.11 Å². The Morgan fingerprint density at radius 3 is 2.58 bits per heavy atom. The van der Waals surface area contributed by atoms with Crippen LogP contribution in [0.1, 0.15) is 43.5 Å². The summed E-state index contributed by atoms with van der Waals surface area (Å²) >= 11 is 0. The molecule has 0 N–H and O–H groups in total. The summed E-state index contributed by atoms with van der Waals surface area (Å²) < 4.78 is 5.04. The van der Waals surface area contributed by atoms with Crippen LogP contribution in [0, 0.1) is 5.92 Å². The topological polar surface area (TPSA) is 58.6 Å². The Hall–Kier alpha value is -1.53. The summed E-state index contributed by atoms with van der Waals surface area (Å²) in [7, 11) is 1.65. The van der Waals surface area contributed by atoms with Crippen molar-refractivity contribution in [2.45, 2.75) is 45.3 Å². The molecule has 0 spiro atoms.